The Kier molecular flexibility index (Phi) is 7.01. The van der Waals surface area contributed by atoms with Crippen LogP contribution in [0.25, 0.3) is 0 Å². The molecule has 0 unspecified atom stereocenters. The van der Waals surface area contributed by atoms with E-state index in [2.05, 4.69) is 10.3 Å². The van der Waals surface area contributed by atoms with Gasteiger partial charge in [0, 0.05) is 46.2 Å². The van der Waals surface area contributed by atoms with Crippen molar-refractivity contribution >= 4 is 5.96 Å². The van der Waals surface area contributed by atoms with Gasteiger partial charge in [0.15, 0.2) is 17.5 Å². The van der Waals surface area contributed by atoms with Crippen LogP contribution in [-0.2, 0) is 11.3 Å². The maximum absolute atomic E-state index is 13.9. The van der Waals surface area contributed by atoms with Gasteiger partial charge in [-0.1, -0.05) is 6.07 Å². The maximum atomic E-state index is 13.9. The first-order valence-corrected chi connectivity index (χ1v) is 8.59. The number of rotatable bonds is 6. The molecular weight excluding hydrogens is 325 g/mol. The van der Waals surface area contributed by atoms with Crippen molar-refractivity contribution in [1.82, 2.24) is 10.2 Å². The lowest BCUT2D eigenvalue weighted by atomic mass is 9.95. The smallest absolute Gasteiger partial charge is 0.194 e. The summed E-state index contributed by atoms with van der Waals surface area (Å²) in [4.78, 5) is 6.48. The Hall–Kier alpha value is -1.86. The molecule has 2 rings (SSSR count). The first-order valence-electron chi connectivity index (χ1n) is 8.59. The van der Waals surface area contributed by atoms with Gasteiger partial charge in [-0.3, -0.25) is 4.99 Å². The molecular formula is C18H28FN3O3. The number of aliphatic hydroxyl groups is 1. The number of nitrogens with one attached hydrogen (secondary N) is 1. The summed E-state index contributed by atoms with van der Waals surface area (Å²) >= 11 is 0. The number of halogens is 1. The van der Waals surface area contributed by atoms with Gasteiger partial charge in [0.05, 0.1) is 19.3 Å². The summed E-state index contributed by atoms with van der Waals surface area (Å²) in [5.41, 5.74) is 0.00240. The molecule has 2 N–H and O–H groups in total. The highest BCUT2D eigenvalue weighted by molar-refractivity contribution is 5.79. The number of methoxy groups -OCH3 is 1. The number of benzene rings is 1. The number of aliphatic imine (C=N–C) groups is 1. The van der Waals surface area contributed by atoms with Crippen LogP contribution in [-0.4, -0.2) is 62.0 Å². The lowest BCUT2D eigenvalue weighted by Crippen LogP contribution is -2.43. The van der Waals surface area contributed by atoms with E-state index in [4.69, 9.17) is 9.47 Å². The minimum absolute atomic E-state index is 0.230. The number of nitrogens with zero attached hydrogens (tertiary/aromatic N) is 2. The highest BCUT2D eigenvalue weighted by Gasteiger charge is 2.29. The quantitative estimate of drug-likeness (QED) is 0.603. The topological polar surface area (TPSA) is 66.3 Å². The molecule has 1 aliphatic rings. The SMILES string of the molecule is CCNC(=NCC1(O)CCOCC1)N(C)Cc1ccc(OC)c(F)c1. The van der Waals surface area contributed by atoms with E-state index in [1.165, 1.54) is 13.2 Å². The third-order valence-corrected chi connectivity index (χ3v) is 4.28. The van der Waals surface area contributed by atoms with Crippen LogP contribution in [0.3, 0.4) is 0 Å². The van der Waals surface area contributed by atoms with Gasteiger partial charge in [-0.2, -0.15) is 0 Å². The summed E-state index contributed by atoms with van der Waals surface area (Å²) in [5, 5.41) is 13.8. The van der Waals surface area contributed by atoms with Gasteiger partial charge >= 0.3 is 0 Å². The summed E-state index contributed by atoms with van der Waals surface area (Å²) in [6.07, 6.45) is 1.17. The molecule has 0 bridgehead atoms. The summed E-state index contributed by atoms with van der Waals surface area (Å²) in [6.45, 7) is 4.63. The summed E-state index contributed by atoms with van der Waals surface area (Å²) in [5.74, 6) is 0.527. The highest BCUT2D eigenvalue weighted by atomic mass is 19.1. The van der Waals surface area contributed by atoms with Crippen LogP contribution in [0, 0.1) is 5.82 Å². The Balaban J connectivity index is 2.04. The van der Waals surface area contributed by atoms with E-state index in [-0.39, 0.29) is 11.6 Å². The van der Waals surface area contributed by atoms with Crippen LogP contribution in [0.4, 0.5) is 4.39 Å². The van der Waals surface area contributed by atoms with E-state index in [9.17, 15) is 9.50 Å². The predicted molar refractivity (Wildman–Crippen MR) is 95.4 cm³/mol. The van der Waals surface area contributed by atoms with Crippen LogP contribution in [0.1, 0.15) is 25.3 Å². The monoisotopic (exact) mass is 353 g/mol. The van der Waals surface area contributed by atoms with Crippen LogP contribution in [0.2, 0.25) is 0 Å². The fraction of sp³-hybridized carbons (Fsp3) is 0.611. The van der Waals surface area contributed by atoms with Gasteiger partial charge < -0.3 is 24.8 Å². The first kappa shape index (κ1) is 19.5. The summed E-state index contributed by atoms with van der Waals surface area (Å²) in [6, 6.07) is 4.91. The Morgan fingerprint density at radius 1 is 1.44 bits per heavy atom. The highest BCUT2D eigenvalue weighted by Crippen LogP contribution is 2.21. The molecule has 1 saturated heterocycles. The normalized spacial score (nSPS) is 17.2. The van der Waals surface area contributed by atoms with E-state index in [1.54, 1.807) is 6.07 Å². The van der Waals surface area contributed by atoms with Gasteiger partial charge in [-0.05, 0) is 24.6 Å². The van der Waals surface area contributed by atoms with Gasteiger partial charge in [0.25, 0.3) is 0 Å². The Labute approximate surface area is 148 Å². The second-order valence-electron chi connectivity index (χ2n) is 6.33. The molecule has 6 nitrogen and oxygen atoms in total. The zero-order chi connectivity index (χ0) is 18.3. The van der Waals surface area contributed by atoms with Gasteiger partial charge in [-0.15, -0.1) is 0 Å². The molecule has 0 amide bonds. The third-order valence-electron chi connectivity index (χ3n) is 4.28. The van der Waals surface area contributed by atoms with E-state index in [0.717, 1.165) is 5.56 Å². The Morgan fingerprint density at radius 3 is 2.76 bits per heavy atom. The third kappa shape index (κ3) is 5.57. The van der Waals surface area contributed by atoms with E-state index >= 15 is 0 Å². The molecule has 7 heteroatoms. The van der Waals surface area contributed by atoms with Crippen LogP contribution in [0.5, 0.6) is 5.75 Å². The van der Waals surface area contributed by atoms with E-state index < -0.39 is 5.60 Å². The van der Waals surface area contributed by atoms with Crippen molar-refractivity contribution in [3.8, 4) is 5.75 Å². The van der Waals surface area contributed by atoms with Crippen LogP contribution < -0.4 is 10.1 Å². The number of hydrogen-bond acceptors (Lipinski definition) is 4. The lowest BCUT2D eigenvalue weighted by molar-refractivity contribution is -0.0566. The van der Waals surface area contributed by atoms with Crippen molar-refractivity contribution in [1.29, 1.82) is 0 Å². The summed E-state index contributed by atoms with van der Waals surface area (Å²) in [7, 11) is 3.33. The second-order valence-corrected chi connectivity index (χ2v) is 6.33. The molecule has 0 radical (unpaired) electrons. The van der Waals surface area contributed by atoms with Crippen molar-refractivity contribution in [2.45, 2.75) is 31.9 Å². The van der Waals surface area contributed by atoms with Gasteiger partial charge in [0.2, 0.25) is 0 Å². The van der Waals surface area contributed by atoms with Gasteiger partial charge in [-0.25, -0.2) is 4.39 Å². The predicted octanol–water partition coefficient (Wildman–Crippen LogP) is 1.77. The van der Waals surface area contributed by atoms with Crippen molar-refractivity contribution in [3.05, 3.63) is 29.6 Å². The van der Waals surface area contributed by atoms with Crippen molar-refractivity contribution < 1.29 is 19.0 Å². The second kappa shape index (κ2) is 9.01. The van der Waals surface area contributed by atoms with Crippen molar-refractivity contribution in [2.75, 3.05) is 40.5 Å². The average Bonchev–Trinajstić information content (AvgIpc) is 2.59. The number of hydrogen-bond donors (Lipinski definition) is 2. The molecule has 1 fully saturated rings. The molecule has 1 aromatic rings. The van der Waals surface area contributed by atoms with Crippen molar-refractivity contribution in [3.63, 3.8) is 0 Å². The molecule has 1 aromatic carbocycles. The molecule has 0 aliphatic carbocycles. The molecule has 1 heterocycles. The standard InChI is InChI=1S/C18H28FN3O3/c1-4-20-17(21-13-18(23)7-9-25-10-8-18)22(2)12-14-5-6-16(24-3)15(19)11-14/h5-6,11,23H,4,7-10,12-13H2,1-3H3,(H,20,21). The first-order chi connectivity index (χ1) is 12.0. The molecule has 0 atom stereocenters. The zero-order valence-electron chi connectivity index (χ0n) is 15.2. The zero-order valence-corrected chi connectivity index (χ0v) is 15.2. The number of ether oxygens (including phenoxy) is 2. The van der Waals surface area contributed by atoms with Crippen LogP contribution in [0.15, 0.2) is 23.2 Å². The maximum Gasteiger partial charge on any atom is 0.194 e. The largest absolute Gasteiger partial charge is 0.494 e. The minimum atomic E-state index is -0.814. The average molecular weight is 353 g/mol. The fourth-order valence-corrected chi connectivity index (χ4v) is 2.76. The van der Waals surface area contributed by atoms with Crippen molar-refractivity contribution in [2.24, 2.45) is 4.99 Å². The Morgan fingerprint density at radius 2 is 2.16 bits per heavy atom. The van der Waals surface area contributed by atoms with Gasteiger partial charge in [0.1, 0.15) is 0 Å². The van der Waals surface area contributed by atoms with E-state index in [0.29, 0.717) is 51.6 Å². The van der Waals surface area contributed by atoms with Crippen LogP contribution >= 0.6 is 0 Å². The molecule has 140 valence electrons. The fourth-order valence-electron chi connectivity index (χ4n) is 2.76. The molecule has 1 aliphatic heterocycles. The molecule has 0 saturated carbocycles. The lowest BCUT2D eigenvalue weighted by Gasteiger charge is -2.31. The molecule has 0 aromatic heterocycles. The Bertz CT molecular complexity index is 589. The van der Waals surface area contributed by atoms with E-state index in [1.807, 2.05) is 24.9 Å². The molecule has 0 spiro atoms. The summed E-state index contributed by atoms with van der Waals surface area (Å²) < 4.78 is 24.1. The molecule has 25 heavy (non-hydrogen) atoms. The number of guanidine groups is 1. The minimum Gasteiger partial charge on any atom is -0.494 e.